The topological polar surface area (TPSA) is 29.5 Å². The van der Waals surface area contributed by atoms with Crippen LogP contribution in [-0.4, -0.2) is 19.9 Å². The Morgan fingerprint density at radius 1 is 1.05 bits per heavy atom. The van der Waals surface area contributed by atoms with E-state index < -0.39 is 0 Å². The van der Waals surface area contributed by atoms with Crippen LogP contribution in [0.15, 0.2) is 48.5 Å². The summed E-state index contributed by atoms with van der Waals surface area (Å²) in [6.07, 6.45) is 0. The zero-order chi connectivity index (χ0) is 13.8. The Labute approximate surface area is 113 Å². The van der Waals surface area contributed by atoms with Crippen molar-refractivity contribution in [3.05, 3.63) is 54.1 Å². The molecule has 2 aromatic carbocycles. The number of hydrogen-bond donors (Lipinski definition) is 0. The molecule has 0 saturated carbocycles. The monoisotopic (exact) mass is 255 g/mol. The molecule has 19 heavy (non-hydrogen) atoms. The molecule has 0 bridgehead atoms. The second-order valence-electron chi connectivity index (χ2n) is 4.55. The number of ether oxygens (including phenoxy) is 1. The van der Waals surface area contributed by atoms with E-state index in [4.69, 9.17) is 4.74 Å². The molecule has 0 aliphatic heterocycles. The molecule has 0 aliphatic carbocycles. The summed E-state index contributed by atoms with van der Waals surface area (Å²) in [5.74, 6) is 1.31. The summed E-state index contributed by atoms with van der Waals surface area (Å²) in [4.78, 5) is 13.5. The van der Waals surface area contributed by atoms with Crippen molar-refractivity contribution in [1.82, 2.24) is 0 Å². The fraction of sp³-hybridized carbons (Fsp3) is 0.188. The molecule has 3 heteroatoms. The highest BCUT2D eigenvalue weighted by molar-refractivity contribution is 5.96. The number of ketones is 1. The van der Waals surface area contributed by atoms with E-state index in [9.17, 15) is 4.79 Å². The normalized spacial score (nSPS) is 10.1. The first-order valence-electron chi connectivity index (χ1n) is 6.13. The molecule has 0 N–H and O–H groups in total. The Bertz CT molecular complexity index is 591. The molecule has 0 aliphatic rings. The van der Waals surface area contributed by atoms with Gasteiger partial charge in [0.25, 0.3) is 0 Å². The number of para-hydroxylation sites is 1. The number of hydrogen-bond acceptors (Lipinski definition) is 3. The third-order valence-electron chi connectivity index (χ3n) is 2.83. The Hall–Kier alpha value is -2.29. The third-order valence-corrected chi connectivity index (χ3v) is 2.83. The number of benzene rings is 2. The summed E-state index contributed by atoms with van der Waals surface area (Å²) in [6.45, 7) is 1.54. The van der Waals surface area contributed by atoms with Gasteiger partial charge in [-0.15, -0.1) is 0 Å². The van der Waals surface area contributed by atoms with Crippen molar-refractivity contribution in [2.45, 2.75) is 6.92 Å². The molecule has 0 atom stereocenters. The van der Waals surface area contributed by atoms with Crippen molar-refractivity contribution in [1.29, 1.82) is 0 Å². The van der Waals surface area contributed by atoms with Gasteiger partial charge in [0.1, 0.15) is 11.5 Å². The Kier molecular flexibility index (Phi) is 3.85. The van der Waals surface area contributed by atoms with E-state index in [0.717, 1.165) is 11.4 Å². The molecule has 3 nitrogen and oxygen atoms in total. The summed E-state index contributed by atoms with van der Waals surface area (Å²) >= 11 is 0. The summed E-state index contributed by atoms with van der Waals surface area (Å²) in [6, 6.07) is 15.0. The van der Waals surface area contributed by atoms with E-state index in [1.807, 2.05) is 55.4 Å². The number of anilines is 1. The maximum atomic E-state index is 11.5. The molecular formula is C16H17NO2. The predicted molar refractivity (Wildman–Crippen MR) is 77.3 cm³/mol. The zero-order valence-corrected chi connectivity index (χ0v) is 11.4. The van der Waals surface area contributed by atoms with Gasteiger partial charge >= 0.3 is 0 Å². The van der Waals surface area contributed by atoms with E-state index in [0.29, 0.717) is 11.3 Å². The van der Waals surface area contributed by atoms with Gasteiger partial charge in [-0.05, 0) is 31.2 Å². The minimum Gasteiger partial charge on any atom is -0.457 e. The van der Waals surface area contributed by atoms with Gasteiger partial charge in [-0.25, -0.2) is 0 Å². The van der Waals surface area contributed by atoms with Crippen molar-refractivity contribution in [2.24, 2.45) is 0 Å². The molecule has 0 unspecified atom stereocenters. The van der Waals surface area contributed by atoms with E-state index in [2.05, 4.69) is 0 Å². The minimum absolute atomic E-state index is 0.000589. The van der Waals surface area contributed by atoms with Gasteiger partial charge in [0, 0.05) is 25.8 Å². The first-order valence-corrected chi connectivity index (χ1v) is 6.13. The average molecular weight is 255 g/mol. The van der Waals surface area contributed by atoms with Crippen LogP contribution in [0.4, 0.5) is 5.69 Å². The lowest BCUT2D eigenvalue weighted by atomic mass is 10.1. The summed E-state index contributed by atoms with van der Waals surface area (Å²) in [5.41, 5.74) is 1.65. The van der Waals surface area contributed by atoms with Gasteiger partial charge in [0.05, 0.1) is 5.56 Å². The van der Waals surface area contributed by atoms with Crippen LogP contribution >= 0.6 is 0 Å². The lowest BCUT2D eigenvalue weighted by molar-refractivity contribution is 0.101. The molecule has 0 fully saturated rings. The second-order valence-corrected chi connectivity index (χ2v) is 4.55. The molecule has 0 saturated heterocycles. The second kappa shape index (κ2) is 5.57. The van der Waals surface area contributed by atoms with Crippen LogP contribution in [0.25, 0.3) is 0 Å². The smallest absolute Gasteiger partial charge is 0.163 e. The van der Waals surface area contributed by atoms with Crippen LogP contribution in [0.5, 0.6) is 11.5 Å². The van der Waals surface area contributed by atoms with Gasteiger partial charge in [0.15, 0.2) is 5.78 Å². The highest BCUT2D eigenvalue weighted by Gasteiger charge is 2.08. The maximum absolute atomic E-state index is 11.5. The van der Waals surface area contributed by atoms with Crippen LogP contribution in [0.1, 0.15) is 17.3 Å². The van der Waals surface area contributed by atoms with Crippen LogP contribution < -0.4 is 9.64 Å². The third kappa shape index (κ3) is 3.13. The Balaban J connectivity index is 2.31. The molecule has 0 amide bonds. The number of nitrogens with zero attached hydrogens (tertiary/aromatic N) is 1. The number of carbonyl (C=O) groups excluding carboxylic acids is 1. The number of rotatable bonds is 4. The molecule has 2 rings (SSSR count). The quantitative estimate of drug-likeness (QED) is 0.779. The fourth-order valence-electron chi connectivity index (χ4n) is 1.80. The average Bonchev–Trinajstić information content (AvgIpc) is 2.39. The largest absolute Gasteiger partial charge is 0.457 e. The van der Waals surface area contributed by atoms with Crippen molar-refractivity contribution in [3.63, 3.8) is 0 Å². The minimum atomic E-state index is -0.000589. The van der Waals surface area contributed by atoms with Crippen molar-refractivity contribution >= 4 is 11.5 Å². The highest BCUT2D eigenvalue weighted by atomic mass is 16.5. The fourth-order valence-corrected chi connectivity index (χ4v) is 1.80. The molecule has 2 aromatic rings. The first-order chi connectivity index (χ1) is 9.08. The number of Topliss-reactive ketones (excluding diaryl/α,β-unsaturated/α-hetero) is 1. The zero-order valence-electron chi connectivity index (χ0n) is 11.4. The van der Waals surface area contributed by atoms with E-state index >= 15 is 0 Å². The summed E-state index contributed by atoms with van der Waals surface area (Å²) < 4.78 is 5.81. The van der Waals surface area contributed by atoms with Gasteiger partial charge in [-0.2, -0.15) is 0 Å². The summed E-state index contributed by atoms with van der Waals surface area (Å²) in [7, 11) is 3.95. The van der Waals surface area contributed by atoms with Gasteiger partial charge in [0.2, 0.25) is 0 Å². The SMILES string of the molecule is CC(=O)c1ccccc1Oc1cccc(N(C)C)c1. The molecular weight excluding hydrogens is 238 g/mol. The first kappa shape index (κ1) is 13.1. The van der Waals surface area contributed by atoms with Gasteiger partial charge < -0.3 is 9.64 Å². The summed E-state index contributed by atoms with van der Waals surface area (Å²) in [5, 5.41) is 0. The Morgan fingerprint density at radius 3 is 2.47 bits per heavy atom. The molecule has 0 heterocycles. The van der Waals surface area contributed by atoms with E-state index in [1.54, 1.807) is 19.1 Å². The van der Waals surface area contributed by atoms with E-state index in [1.165, 1.54) is 0 Å². The van der Waals surface area contributed by atoms with Crippen LogP contribution in [0.2, 0.25) is 0 Å². The van der Waals surface area contributed by atoms with Crippen LogP contribution in [-0.2, 0) is 0 Å². The highest BCUT2D eigenvalue weighted by Crippen LogP contribution is 2.27. The van der Waals surface area contributed by atoms with Gasteiger partial charge in [-0.3, -0.25) is 4.79 Å². The van der Waals surface area contributed by atoms with Crippen molar-refractivity contribution in [3.8, 4) is 11.5 Å². The Morgan fingerprint density at radius 2 is 1.79 bits per heavy atom. The van der Waals surface area contributed by atoms with Crippen molar-refractivity contribution < 1.29 is 9.53 Å². The lowest BCUT2D eigenvalue weighted by Crippen LogP contribution is -2.08. The van der Waals surface area contributed by atoms with Crippen LogP contribution in [0.3, 0.4) is 0 Å². The lowest BCUT2D eigenvalue weighted by Gasteiger charge is -2.14. The van der Waals surface area contributed by atoms with Gasteiger partial charge in [-0.1, -0.05) is 18.2 Å². The van der Waals surface area contributed by atoms with E-state index in [-0.39, 0.29) is 5.78 Å². The molecule has 0 aromatic heterocycles. The molecule has 0 spiro atoms. The van der Waals surface area contributed by atoms with Crippen molar-refractivity contribution in [2.75, 3.05) is 19.0 Å². The number of carbonyl (C=O) groups is 1. The predicted octanol–water partition coefficient (Wildman–Crippen LogP) is 3.75. The molecule has 0 radical (unpaired) electrons. The maximum Gasteiger partial charge on any atom is 0.163 e. The molecule has 98 valence electrons. The van der Waals surface area contributed by atoms with Crippen LogP contribution in [0, 0.1) is 0 Å². The standard InChI is InChI=1S/C16H17NO2/c1-12(18)15-9-4-5-10-16(15)19-14-8-6-7-13(11-14)17(2)3/h4-11H,1-3H3.